The fourth-order valence-electron chi connectivity index (χ4n) is 1.43. The molecule has 0 saturated heterocycles. The summed E-state index contributed by atoms with van der Waals surface area (Å²) in [6.07, 6.45) is 3.58. The van der Waals surface area contributed by atoms with Crippen LogP contribution >= 0.6 is 0 Å². The van der Waals surface area contributed by atoms with Crippen LogP contribution in [0, 0.1) is 11.3 Å². The van der Waals surface area contributed by atoms with Gasteiger partial charge in [0.1, 0.15) is 11.5 Å². The van der Waals surface area contributed by atoms with Gasteiger partial charge in [-0.25, -0.2) is 0 Å². The highest BCUT2D eigenvalue weighted by Crippen LogP contribution is 2.24. The van der Waals surface area contributed by atoms with Crippen LogP contribution < -0.4 is 10.5 Å². The first-order valence-electron chi connectivity index (χ1n) is 5.13. The Labute approximate surface area is 99.3 Å². The first-order chi connectivity index (χ1) is 8.29. The molecule has 0 atom stereocenters. The number of anilines is 1. The average Bonchev–Trinajstić information content (AvgIpc) is 2.35. The van der Waals surface area contributed by atoms with Crippen LogP contribution in [0.1, 0.15) is 5.56 Å². The number of pyridine rings is 1. The summed E-state index contributed by atoms with van der Waals surface area (Å²) in [5, 5.41) is 8.67. The minimum Gasteiger partial charge on any atom is -0.456 e. The van der Waals surface area contributed by atoms with Gasteiger partial charge < -0.3 is 10.5 Å². The second-order valence-corrected chi connectivity index (χ2v) is 3.49. The summed E-state index contributed by atoms with van der Waals surface area (Å²) in [6, 6.07) is 10.9. The SMILES string of the molecule is N#CCc1cc(Oc2cccnc2)ccc1N. The maximum Gasteiger partial charge on any atom is 0.145 e. The van der Waals surface area contributed by atoms with Crippen molar-refractivity contribution in [1.29, 1.82) is 5.26 Å². The van der Waals surface area contributed by atoms with Gasteiger partial charge in [0, 0.05) is 11.9 Å². The fourth-order valence-corrected chi connectivity index (χ4v) is 1.43. The fraction of sp³-hybridized carbons (Fsp3) is 0.0769. The van der Waals surface area contributed by atoms with Crippen molar-refractivity contribution in [3.8, 4) is 17.6 Å². The standard InChI is InChI=1S/C13H11N3O/c14-6-5-10-8-11(3-4-13(10)15)17-12-2-1-7-16-9-12/h1-4,7-9H,5,15H2. The van der Waals surface area contributed by atoms with Gasteiger partial charge in [0.25, 0.3) is 0 Å². The van der Waals surface area contributed by atoms with E-state index >= 15 is 0 Å². The van der Waals surface area contributed by atoms with E-state index in [-0.39, 0.29) is 6.42 Å². The minimum atomic E-state index is 0.274. The summed E-state index contributed by atoms with van der Waals surface area (Å²) < 4.78 is 5.59. The van der Waals surface area contributed by atoms with Crippen LogP contribution in [0.25, 0.3) is 0 Å². The number of ether oxygens (including phenoxy) is 1. The third-order valence-electron chi connectivity index (χ3n) is 2.25. The molecule has 0 unspecified atom stereocenters. The second kappa shape index (κ2) is 4.99. The molecule has 0 aliphatic rings. The molecule has 0 saturated carbocycles. The monoisotopic (exact) mass is 225 g/mol. The number of nitrogen functional groups attached to an aromatic ring is 1. The van der Waals surface area contributed by atoms with E-state index in [2.05, 4.69) is 11.1 Å². The predicted octanol–water partition coefficient (Wildman–Crippen LogP) is 2.52. The van der Waals surface area contributed by atoms with Gasteiger partial charge in [-0.1, -0.05) is 0 Å². The van der Waals surface area contributed by atoms with Gasteiger partial charge in [-0.15, -0.1) is 0 Å². The number of hydrogen-bond acceptors (Lipinski definition) is 4. The zero-order chi connectivity index (χ0) is 12.1. The van der Waals surface area contributed by atoms with Crippen molar-refractivity contribution in [2.75, 3.05) is 5.73 Å². The number of nitrogens with two attached hydrogens (primary N) is 1. The van der Waals surface area contributed by atoms with Crippen molar-refractivity contribution >= 4 is 5.69 Å². The van der Waals surface area contributed by atoms with E-state index in [1.165, 1.54) is 0 Å². The molecule has 0 aliphatic carbocycles. The van der Waals surface area contributed by atoms with Crippen LogP contribution in [0.4, 0.5) is 5.69 Å². The number of benzene rings is 1. The Morgan fingerprint density at radius 1 is 1.29 bits per heavy atom. The van der Waals surface area contributed by atoms with E-state index in [9.17, 15) is 0 Å². The first kappa shape index (κ1) is 11.0. The van der Waals surface area contributed by atoms with Crippen molar-refractivity contribution < 1.29 is 4.74 Å². The highest BCUT2D eigenvalue weighted by molar-refractivity contribution is 5.52. The van der Waals surface area contributed by atoms with Crippen molar-refractivity contribution in [3.63, 3.8) is 0 Å². The van der Waals surface area contributed by atoms with Crippen molar-refractivity contribution in [3.05, 3.63) is 48.3 Å². The molecule has 17 heavy (non-hydrogen) atoms. The maximum atomic E-state index is 8.67. The molecule has 2 rings (SSSR count). The molecule has 2 N–H and O–H groups in total. The lowest BCUT2D eigenvalue weighted by atomic mass is 10.1. The quantitative estimate of drug-likeness (QED) is 0.814. The summed E-state index contributed by atoms with van der Waals surface area (Å²) in [7, 11) is 0. The molecule has 1 aromatic heterocycles. The van der Waals surface area contributed by atoms with E-state index in [1.54, 1.807) is 36.7 Å². The smallest absolute Gasteiger partial charge is 0.145 e. The molecule has 4 heteroatoms. The largest absolute Gasteiger partial charge is 0.456 e. The molecule has 0 fully saturated rings. The molecular weight excluding hydrogens is 214 g/mol. The molecule has 0 amide bonds. The highest BCUT2D eigenvalue weighted by atomic mass is 16.5. The molecule has 1 heterocycles. The van der Waals surface area contributed by atoms with Crippen LogP contribution in [0.2, 0.25) is 0 Å². The zero-order valence-electron chi connectivity index (χ0n) is 9.13. The molecule has 2 aromatic rings. The van der Waals surface area contributed by atoms with Gasteiger partial charge in [0.15, 0.2) is 0 Å². The molecule has 0 bridgehead atoms. The molecule has 1 aromatic carbocycles. The van der Waals surface area contributed by atoms with Crippen molar-refractivity contribution in [1.82, 2.24) is 4.98 Å². The second-order valence-electron chi connectivity index (χ2n) is 3.49. The van der Waals surface area contributed by atoms with Gasteiger partial charge >= 0.3 is 0 Å². The highest BCUT2D eigenvalue weighted by Gasteiger charge is 2.02. The Balaban J connectivity index is 2.23. The van der Waals surface area contributed by atoms with Crippen LogP contribution in [0.3, 0.4) is 0 Å². The van der Waals surface area contributed by atoms with E-state index < -0.39 is 0 Å². The molecule has 0 aliphatic heterocycles. The summed E-state index contributed by atoms with van der Waals surface area (Å²) in [5.41, 5.74) is 7.12. The van der Waals surface area contributed by atoms with Crippen LogP contribution in [0.5, 0.6) is 11.5 Å². The Hall–Kier alpha value is -2.54. The number of nitrogens with zero attached hydrogens (tertiary/aromatic N) is 2. The summed E-state index contributed by atoms with van der Waals surface area (Å²) in [4.78, 5) is 3.96. The summed E-state index contributed by atoms with van der Waals surface area (Å²) in [6.45, 7) is 0. The van der Waals surface area contributed by atoms with E-state index in [4.69, 9.17) is 15.7 Å². The Bertz CT molecular complexity index is 546. The average molecular weight is 225 g/mol. The van der Waals surface area contributed by atoms with E-state index in [1.807, 2.05) is 6.07 Å². The van der Waals surface area contributed by atoms with Crippen LogP contribution in [0.15, 0.2) is 42.7 Å². The topological polar surface area (TPSA) is 71.9 Å². The predicted molar refractivity (Wildman–Crippen MR) is 64.5 cm³/mol. The number of hydrogen-bond donors (Lipinski definition) is 1. The lowest BCUT2D eigenvalue weighted by molar-refractivity contribution is 0.480. The van der Waals surface area contributed by atoms with Gasteiger partial charge in [-0.05, 0) is 35.9 Å². The Morgan fingerprint density at radius 2 is 2.18 bits per heavy atom. The molecule has 0 radical (unpaired) electrons. The summed E-state index contributed by atoms with van der Waals surface area (Å²) in [5.74, 6) is 1.30. The lowest BCUT2D eigenvalue weighted by Gasteiger charge is -2.07. The lowest BCUT2D eigenvalue weighted by Crippen LogP contribution is -1.94. The Kier molecular flexibility index (Phi) is 3.22. The number of aromatic nitrogens is 1. The molecular formula is C13H11N3O. The van der Waals surface area contributed by atoms with Gasteiger partial charge in [0.2, 0.25) is 0 Å². The maximum absolute atomic E-state index is 8.67. The third kappa shape index (κ3) is 2.73. The molecule has 0 spiro atoms. The van der Waals surface area contributed by atoms with Crippen LogP contribution in [-0.4, -0.2) is 4.98 Å². The zero-order valence-corrected chi connectivity index (χ0v) is 9.13. The third-order valence-corrected chi connectivity index (χ3v) is 2.25. The van der Waals surface area contributed by atoms with Crippen molar-refractivity contribution in [2.45, 2.75) is 6.42 Å². The number of rotatable bonds is 3. The van der Waals surface area contributed by atoms with Gasteiger partial charge in [-0.3, -0.25) is 4.98 Å². The Morgan fingerprint density at radius 3 is 2.88 bits per heavy atom. The van der Waals surface area contributed by atoms with Crippen molar-refractivity contribution in [2.24, 2.45) is 0 Å². The minimum absolute atomic E-state index is 0.274. The van der Waals surface area contributed by atoms with E-state index in [0.717, 1.165) is 5.56 Å². The first-order valence-corrected chi connectivity index (χ1v) is 5.13. The van der Waals surface area contributed by atoms with Crippen LogP contribution in [-0.2, 0) is 6.42 Å². The molecule has 84 valence electrons. The normalized spacial score (nSPS) is 9.59. The summed E-state index contributed by atoms with van der Waals surface area (Å²) >= 11 is 0. The van der Waals surface area contributed by atoms with E-state index in [0.29, 0.717) is 17.2 Å². The molecule has 4 nitrogen and oxygen atoms in total. The number of nitriles is 1. The van der Waals surface area contributed by atoms with Gasteiger partial charge in [-0.2, -0.15) is 5.26 Å². The van der Waals surface area contributed by atoms with Gasteiger partial charge in [0.05, 0.1) is 18.7 Å².